The molecule has 0 aliphatic heterocycles. The fraction of sp³-hybridized carbons (Fsp3) is 0. The van der Waals surface area contributed by atoms with Crippen molar-refractivity contribution in [3.05, 3.63) is 101 Å². The SMILES string of the molecule is N#C/C(=C\c1cccc2ccccc12)c1nc(-c2ccc3ccccc3c2)cs1. The molecule has 0 fully saturated rings. The Hall–Kier alpha value is -3.74. The van der Waals surface area contributed by atoms with E-state index >= 15 is 0 Å². The second-order valence-corrected chi connectivity index (χ2v) is 7.70. The Balaban J connectivity index is 1.55. The normalized spacial score (nSPS) is 11.6. The lowest BCUT2D eigenvalue weighted by molar-refractivity contribution is 1.37. The Morgan fingerprint density at radius 3 is 2.45 bits per heavy atom. The first-order valence-electron chi connectivity index (χ1n) is 9.36. The number of nitrogens with zero attached hydrogens (tertiary/aromatic N) is 2. The van der Waals surface area contributed by atoms with Crippen LogP contribution in [0.25, 0.3) is 44.5 Å². The molecule has 0 N–H and O–H groups in total. The molecule has 0 atom stereocenters. The van der Waals surface area contributed by atoms with Crippen LogP contribution in [0.2, 0.25) is 0 Å². The van der Waals surface area contributed by atoms with E-state index < -0.39 is 0 Å². The average Bonchev–Trinajstić information content (AvgIpc) is 3.27. The predicted molar refractivity (Wildman–Crippen MR) is 122 cm³/mol. The molecule has 0 amide bonds. The molecule has 0 unspecified atom stereocenters. The van der Waals surface area contributed by atoms with Gasteiger partial charge in [0.1, 0.15) is 11.1 Å². The highest BCUT2D eigenvalue weighted by molar-refractivity contribution is 7.11. The quantitative estimate of drug-likeness (QED) is 0.307. The largest absolute Gasteiger partial charge is 0.235 e. The summed E-state index contributed by atoms with van der Waals surface area (Å²) in [6, 6.07) is 31.3. The number of thiazole rings is 1. The zero-order valence-electron chi connectivity index (χ0n) is 15.5. The number of hydrogen-bond donors (Lipinski definition) is 0. The molecule has 0 radical (unpaired) electrons. The maximum Gasteiger partial charge on any atom is 0.134 e. The molecule has 0 spiro atoms. The van der Waals surface area contributed by atoms with Crippen LogP contribution in [0, 0.1) is 11.3 Å². The van der Waals surface area contributed by atoms with E-state index in [1.807, 2.05) is 47.9 Å². The second-order valence-electron chi connectivity index (χ2n) is 6.84. The molecule has 136 valence electrons. The zero-order valence-corrected chi connectivity index (χ0v) is 16.4. The van der Waals surface area contributed by atoms with E-state index in [1.165, 1.54) is 22.1 Å². The van der Waals surface area contributed by atoms with Crippen LogP contribution in [0.1, 0.15) is 10.6 Å². The van der Waals surface area contributed by atoms with E-state index in [1.54, 1.807) is 0 Å². The highest BCUT2D eigenvalue weighted by atomic mass is 32.1. The summed E-state index contributed by atoms with van der Waals surface area (Å²) in [5.41, 5.74) is 3.57. The van der Waals surface area contributed by atoms with Crippen molar-refractivity contribution in [2.24, 2.45) is 0 Å². The molecule has 29 heavy (non-hydrogen) atoms. The molecule has 0 saturated heterocycles. The molecule has 1 heterocycles. The van der Waals surface area contributed by atoms with E-state index in [0.29, 0.717) is 5.57 Å². The van der Waals surface area contributed by atoms with Crippen LogP contribution < -0.4 is 0 Å². The van der Waals surface area contributed by atoms with Crippen LogP contribution in [-0.2, 0) is 0 Å². The third-order valence-corrected chi connectivity index (χ3v) is 5.90. The van der Waals surface area contributed by atoms with Crippen molar-refractivity contribution >= 4 is 44.5 Å². The molecule has 5 aromatic rings. The van der Waals surface area contributed by atoms with Gasteiger partial charge in [0, 0.05) is 10.9 Å². The maximum absolute atomic E-state index is 9.78. The summed E-state index contributed by atoms with van der Waals surface area (Å²) in [6.45, 7) is 0. The lowest BCUT2D eigenvalue weighted by Crippen LogP contribution is -1.84. The minimum absolute atomic E-state index is 0.582. The number of aromatic nitrogens is 1. The molecule has 0 aliphatic carbocycles. The second kappa shape index (κ2) is 7.35. The standard InChI is InChI=1S/C26H16N2S/c27-16-23(15-21-10-5-9-19-7-3-4-11-24(19)21)26-28-25(17-29-26)22-13-12-18-6-1-2-8-20(18)14-22/h1-15,17H/b23-15+. The van der Waals surface area contributed by atoms with Gasteiger partial charge in [-0.25, -0.2) is 4.98 Å². The summed E-state index contributed by atoms with van der Waals surface area (Å²) in [4.78, 5) is 4.76. The van der Waals surface area contributed by atoms with Crippen LogP contribution in [0.4, 0.5) is 0 Å². The molecule has 0 aliphatic rings. The number of fused-ring (bicyclic) bond motifs is 2. The van der Waals surface area contributed by atoms with E-state index in [2.05, 4.69) is 54.6 Å². The van der Waals surface area contributed by atoms with Gasteiger partial charge in [0.2, 0.25) is 0 Å². The average molecular weight is 388 g/mol. The lowest BCUT2D eigenvalue weighted by atomic mass is 10.0. The van der Waals surface area contributed by atoms with Crippen LogP contribution in [0.5, 0.6) is 0 Å². The maximum atomic E-state index is 9.78. The van der Waals surface area contributed by atoms with Crippen molar-refractivity contribution in [3.63, 3.8) is 0 Å². The van der Waals surface area contributed by atoms with Gasteiger partial charge in [0.05, 0.1) is 11.3 Å². The number of nitriles is 1. The predicted octanol–water partition coefficient (Wildman–Crippen LogP) is 7.18. The highest BCUT2D eigenvalue weighted by Gasteiger charge is 2.10. The number of rotatable bonds is 3. The van der Waals surface area contributed by atoms with Gasteiger partial charge in [-0.15, -0.1) is 11.3 Å². The lowest BCUT2D eigenvalue weighted by Gasteiger charge is -2.03. The fourth-order valence-electron chi connectivity index (χ4n) is 3.55. The first kappa shape index (κ1) is 17.4. The van der Waals surface area contributed by atoms with Gasteiger partial charge in [0.15, 0.2) is 0 Å². The third kappa shape index (κ3) is 3.31. The number of benzene rings is 4. The molecule has 0 saturated carbocycles. The Morgan fingerprint density at radius 2 is 1.59 bits per heavy atom. The van der Waals surface area contributed by atoms with E-state index in [0.717, 1.165) is 32.6 Å². The molecular formula is C26H16N2S. The van der Waals surface area contributed by atoms with Gasteiger partial charge < -0.3 is 0 Å². The molecule has 2 nitrogen and oxygen atoms in total. The molecule has 4 aromatic carbocycles. The minimum Gasteiger partial charge on any atom is -0.235 e. The third-order valence-electron chi connectivity index (χ3n) is 5.02. The van der Waals surface area contributed by atoms with Gasteiger partial charge in [-0.2, -0.15) is 5.26 Å². The summed E-state index contributed by atoms with van der Waals surface area (Å²) in [5.74, 6) is 0. The summed E-state index contributed by atoms with van der Waals surface area (Å²) in [6.07, 6.45) is 1.94. The van der Waals surface area contributed by atoms with Crippen LogP contribution in [0.15, 0.2) is 90.3 Å². The fourth-order valence-corrected chi connectivity index (χ4v) is 4.35. The summed E-state index contributed by atoms with van der Waals surface area (Å²) < 4.78 is 0. The van der Waals surface area contributed by atoms with Crippen molar-refractivity contribution < 1.29 is 0 Å². The zero-order chi connectivity index (χ0) is 19.6. The van der Waals surface area contributed by atoms with Gasteiger partial charge in [0.25, 0.3) is 0 Å². The summed E-state index contributed by atoms with van der Waals surface area (Å²) in [7, 11) is 0. The molecule has 3 heteroatoms. The minimum atomic E-state index is 0.582. The smallest absolute Gasteiger partial charge is 0.134 e. The molecular weight excluding hydrogens is 372 g/mol. The van der Waals surface area contributed by atoms with Gasteiger partial charge in [-0.3, -0.25) is 0 Å². The van der Waals surface area contributed by atoms with Crippen molar-refractivity contribution in [2.45, 2.75) is 0 Å². The Kier molecular flexibility index (Phi) is 4.40. The van der Waals surface area contributed by atoms with Gasteiger partial charge >= 0.3 is 0 Å². The van der Waals surface area contributed by atoms with Crippen molar-refractivity contribution in [3.8, 4) is 17.3 Å². The van der Waals surface area contributed by atoms with Crippen molar-refractivity contribution in [2.75, 3.05) is 0 Å². The van der Waals surface area contributed by atoms with Crippen LogP contribution in [-0.4, -0.2) is 4.98 Å². The Bertz CT molecular complexity index is 1410. The summed E-state index contributed by atoms with van der Waals surface area (Å²) >= 11 is 1.51. The van der Waals surface area contributed by atoms with E-state index in [-0.39, 0.29) is 0 Å². The Morgan fingerprint density at radius 1 is 0.828 bits per heavy atom. The number of allylic oxidation sites excluding steroid dienone is 1. The summed E-state index contributed by atoms with van der Waals surface area (Å²) in [5, 5.41) is 17.2. The first-order chi connectivity index (χ1) is 14.3. The van der Waals surface area contributed by atoms with Crippen molar-refractivity contribution in [1.82, 2.24) is 4.98 Å². The van der Waals surface area contributed by atoms with Gasteiger partial charge in [-0.05, 0) is 39.3 Å². The first-order valence-corrected chi connectivity index (χ1v) is 10.2. The highest BCUT2D eigenvalue weighted by Crippen LogP contribution is 2.30. The van der Waals surface area contributed by atoms with E-state index in [4.69, 9.17) is 4.98 Å². The monoisotopic (exact) mass is 388 g/mol. The van der Waals surface area contributed by atoms with Crippen LogP contribution in [0.3, 0.4) is 0 Å². The van der Waals surface area contributed by atoms with Crippen LogP contribution >= 0.6 is 11.3 Å². The van der Waals surface area contributed by atoms with E-state index in [9.17, 15) is 5.26 Å². The Labute approximate surface area is 173 Å². The van der Waals surface area contributed by atoms with Gasteiger partial charge in [-0.1, -0.05) is 78.9 Å². The molecule has 5 rings (SSSR count). The number of hydrogen-bond acceptors (Lipinski definition) is 3. The topological polar surface area (TPSA) is 36.7 Å². The van der Waals surface area contributed by atoms with Crippen molar-refractivity contribution in [1.29, 1.82) is 5.26 Å². The molecule has 0 bridgehead atoms. The molecule has 1 aromatic heterocycles.